The maximum Gasteiger partial charge on any atom is 0.207 e. The SMILES string of the molecule is CC(C)(C)c1nc(N2CC[C@](C)(O)C2)c2nn(Cc3nnnn3C3CC3)nc2n1. The van der Waals surface area contributed by atoms with E-state index in [-0.39, 0.29) is 5.41 Å². The summed E-state index contributed by atoms with van der Waals surface area (Å²) in [5.74, 6) is 2.18. The third-order valence-corrected chi connectivity index (χ3v) is 5.43. The molecule has 0 unspecified atom stereocenters. The van der Waals surface area contributed by atoms with E-state index < -0.39 is 5.60 Å². The molecule has 1 N–H and O–H groups in total. The second-order valence-corrected chi connectivity index (χ2v) is 9.46. The van der Waals surface area contributed by atoms with Crippen LogP contribution in [0.4, 0.5) is 5.82 Å². The first-order valence-electron chi connectivity index (χ1n) is 10.1. The molecule has 1 atom stereocenters. The van der Waals surface area contributed by atoms with Gasteiger partial charge in [-0.15, -0.1) is 15.3 Å². The highest BCUT2D eigenvalue weighted by molar-refractivity contribution is 5.82. The molecule has 1 aliphatic carbocycles. The maximum atomic E-state index is 10.4. The molecule has 2 fully saturated rings. The Bertz CT molecular complexity index is 1060. The molecule has 2 aliphatic rings. The lowest BCUT2D eigenvalue weighted by Crippen LogP contribution is -2.31. The summed E-state index contributed by atoms with van der Waals surface area (Å²) in [5, 5.41) is 31.8. The molecular formula is C18H26N10O. The minimum absolute atomic E-state index is 0.231. The van der Waals surface area contributed by atoms with Crippen LogP contribution in [0.2, 0.25) is 0 Å². The van der Waals surface area contributed by atoms with Crippen LogP contribution in [0, 0.1) is 0 Å². The van der Waals surface area contributed by atoms with Gasteiger partial charge in [0.25, 0.3) is 0 Å². The lowest BCUT2D eigenvalue weighted by molar-refractivity contribution is 0.0839. The van der Waals surface area contributed by atoms with Crippen LogP contribution >= 0.6 is 0 Å². The fourth-order valence-electron chi connectivity index (χ4n) is 3.64. The van der Waals surface area contributed by atoms with Gasteiger partial charge in [0.15, 0.2) is 17.2 Å². The normalized spacial score (nSPS) is 22.7. The average molecular weight is 398 g/mol. The van der Waals surface area contributed by atoms with Crippen LogP contribution in [0.5, 0.6) is 0 Å². The number of hydrogen-bond donors (Lipinski definition) is 1. The third kappa shape index (κ3) is 3.43. The molecule has 5 rings (SSSR count). The molecular weight excluding hydrogens is 372 g/mol. The number of tetrazole rings is 1. The van der Waals surface area contributed by atoms with Crippen molar-refractivity contribution in [2.24, 2.45) is 0 Å². The molecule has 0 spiro atoms. The Labute approximate surface area is 168 Å². The quantitative estimate of drug-likeness (QED) is 0.681. The molecule has 0 radical (unpaired) electrons. The summed E-state index contributed by atoms with van der Waals surface area (Å²) in [4.78, 5) is 13.2. The number of rotatable bonds is 4. The summed E-state index contributed by atoms with van der Waals surface area (Å²) in [7, 11) is 0. The highest BCUT2D eigenvalue weighted by atomic mass is 16.3. The lowest BCUT2D eigenvalue weighted by atomic mass is 9.96. The highest BCUT2D eigenvalue weighted by Crippen LogP contribution is 2.35. The van der Waals surface area contributed by atoms with E-state index in [1.165, 1.54) is 0 Å². The Balaban J connectivity index is 1.56. The monoisotopic (exact) mass is 398 g/mol. The molecule has 1 aliphatic heterocycles. The van der Waals surface area contributed by atoms with Gasteiger partial charge in [-0.25, -0.2) is 14.6 Å². The minimum Gasteiger partial charge on any atom is -0.388 e. The summed E-state index contributed by atoms with van der Waals surface area (Å²) in [6.07, 6.45) is 2.89. The standard InChI is InChI=1S/C18H26N10O/c1-17(2,3)16-19-14-13(15(20-16)26-8-7-18(4,29)10-26)22-27(23-14)9-12-21-24-25-28(12)11-5-6-11/h11,29H,5-10H2,1-4H3/t18-/m0/s1. The molecule has 0 amide bonds. The van der Waals surface area contributed by atoms with Crippen molar-refractivity contribution in [1.82, 2.24) is 45.2 Å². The van der Waals surface area contributed by atoms with Gasteiger partial charge < -0.3 is 10.0 Å². The van der Waals surface area contributed by atoms with Crippen LogP contribution < -0.4 is 4.90 Å². The molecule has 29 heavy (non-hydrogen) atoms. The van der Waals surface area contributed by atoms with Gasteiger partial charge in [-0.2, -0.15) is 4.80 Å². The van der Waals surface area contributed by atoms with Crippen LogP contribution in [0.25, 0.3) is 11.2 Å². The summed E-state index contributed by atoms with van der Waals surface area (Å²) in [6, 6.07) is 0.389. The molecule has 4 heterocycles. The molecule has 0 bridgehead atoms. The lowest BCUT2D eigenvalue weighted by Gasteiger charge is -2.22. The number of nitrogens with zero attached hydrogens (tertiary/aromatic N) is 10. The van der Waals surface area contributed by atoms with E-state index in [1.807, 2.05) is 11.6 Å². The van der Waals surface area contributed by atoms with Gasteiger partial charge in [-0.3, -0.25) is 0 Å². The van der Waals surface area contributed by atoms with Crippen LogP contribution in [0.3, 0.4) is 0 Å². The van der Waals surface area contributed by atoms with E-state index in [0.29, 0.717) is 42.5 Å². The molecule has 11 heteroatoms. The van der Waals surface area contributed by atoms with Crippen molar-refractivity contribution in [2.45, 2.75) is 70.6 Å². The Morgan fingerprint density at radius 3 is 2.62 bits per heavy atom. The number of fused-ring (bicyclic) bond motifs is 1. The zero-order valence-corrected chi connectivity index (χ0v) is 17.2. The van der Waals surface area contributed by atoms with E-state index in [4.69, 9.17) is 4.98 Å². The minimum atomic E-state index is -0.735. The second kappa shape index (κ2) is 6.15. The fourth-order valence-corrected chi connectivity index (χ4v) is 3.64. The maximum absolute atomic E-state index is 10.4. The number of anilines is 1. The van der Waals surface area contributed by atoms with Gasteiger partial charge >= 0.3 is 0 Å². The van der Waals surface area contributed by atoms with E-state index in [9.17, 15) is 5.11 Å². The molecule has 1 saturated carbocycles. The van der Waals surface area contributed by atoms with E-state index in [1.54, 1.807) is 4.80 Å². The topological polar surface area (TPSA) is 124 Å². The van der Waals surface area contributed by atoms with Gasteiger partial charge in [-0.05, 0) is 36.6 Å². The Kier molecular flexibility index (Phi) is 3.89. The second-order valence-electron chi connectivity index (χ2n) is 9.46. The van der Waals surface area contributed by atoms with Crippen LogP contribution in [-0.2, 0) is 12.0 Å². The van der Waals surface area contributed by atoms with Gasteiger partial charge in [0.05, 0.1) is 11.6 Å². The van der Waals surface area contributed by atoms with Crippen molar-refractivity contribution < 1.29 is 5.11 Å². The largest absolute Gasteiger partial charge is 0.388 e. The van der Waals surface area contributed by atoms with Crippen molar-refractivity contribution in [3.05, 3.63) is 11.6 Å². The smallest absolute Gasteiger partial charge is 0.207 e. The van der Waals surface area contributed by atoms with Crippen molar-refractivity contribution in [1.29, 1.82) is 0 Å². The van der Waals surface area contributed by atoms with Crippen molar-refractivity contribution in [2.75, 3.05) is 18.0 Å². The van der Waals surface area contributed by atoms with Gasteiger partial charge in [-0.1, -0.05) is 20.8 Å². The zero-order chi connectivity index (χ0) is 20.4. The van der Waals surface area contributed by atoms with E-state index in [0.717, 1.165) is 31.0 Å². The Morgan fingerprint density at radius 2 is 1.97 bits per heavy atom. The molecule has 3 aromatic rings. The van der Waals surface area contributed by atoms with Crippen LogP contribution in [0.1, 0.15) is 64.6 Å². The van der Waals surface area contributed by atoms with Crippen molar-refractivity contribution in [3.8, 4) is 0 Å². The van der Waals surface area contributed by atoms with Crippen molar-refractivity contribution >= 4 is 17.0 Å². The summed E-state index contributed by atoms with van der Waals surface area (Å²) < 4.78 is 1.86. The molecule has 1 saturated heterocycles. The van der Waals surface area contributed by atoms with Gasteiger partial charge in [0.2, 0.25) is 5.65 Å². The number of aromatic nitrogens is 9. The predicted molar refractivity (Wildman–Crippen MR) is 104 cm³/mol. The van der Waals surface area contributed by atoms with Gasteiger partial charge in [0.1, 0.15) is 12.4 Å². The number of β-amino-alcohol motifs (C(OH)–C–C–N with tert-alkyl or cyclic N) is 1. The van der Waals surface area contributed by atoms with E-state index in [2.05, 4.69) is 56.4 Å². The number of hydrogen-bond acceptors (Lipinski definition) is 9. The summed E-state index contributed by atoms with van der Waals surface area (Å²) in [5.41, 5.74) is 0.227. The first-order chi connectivity index (χ1) is 13.7. The van der Waals surface area contributed by atoms with Gasteiger partial charge in [0, 0.05) is 18.5 Å². The first kappa shape index (κ1) is 18.3. The Morgan fingerprint density at radius 1 is 1.17 bits per heavy atom. The predicted octanol–water partition coefficient (Wildman–Crippen LogP) is 0.850. The molecule has 11 nitrogen and oxygen atoms in total. The Hall–Kier alpha value is -2.69. The number of aliphatic hydroxyl groups is 1. The summed E-state index contributed by atoms with van der Waals surface area (Å²) >= 11 is 0. The van der Waals surface area contributed by atoms with Crippen molar-refractivity contribution in [3.63, 3.8) is 0 Å². The first-order valence-corrected chi connectivity index (χ1v) is 10.1. The molecule has 0 aromatic carbocycles. The van der Waals surface area contributed by atoms with Crippen LogP contribution in [0.15, 0.2) is 0 Å². The fraction of sp³-hybridized carbons (Fsp3) is 0.722. The third-order valence-electron chi connectivity index (χ3n) is 5.43. The molecule has 154 valence electrons. The highest BCUT2D eigenvalue weighted by Gasteiger charge is 2.35. The van der Waals surface area contributed by atoms with E-state index >= 15 is 0 Å². The average Bonchev–Trinajstić information content (AvgIpc) is 3.06. The zero-order valence-electron chi connectivity index (χ0n) is 17.2. The van der Waals surface area contributed by atoms with Crippen LogP contribution in [-0.4, -0.2) is 69.0 Å². The summed E-state index contributed by atoms with van der Waals surface area (Å²) in [6.45, 7) is 9.68. The molecule has 3 aromatic heterocycles.